The molecule has 0 heterocycles. The number of hydrogen-bond donors (Lipinski definition) is 9. The number of carbonyl (C=O) groups is 6. The van der Waals surface area contributed by atoms with Gasteiger partial charge in [0.25, 0.3) is 23.6 Å². The highest BCUT2D eigenvalue weighted by atomic mass is 16.5. The van der Waals surface area contributed by atoms with Crippen LogP contribution in [0.5, 0.6) is 23.0 Å². The van der Waals surface area contributed by atoms with Crippen molar-refractivity contribution in [2.75, 3.05) is 28.4 Å². The SMILES string of the molecule is COc1c(NC(=O)c2ccc(NC(=O)[C@H](CC#N)NC(=O)c3ccc(NC(=O)/C(C)=C/c4ccc(O)cc4)cc3)cc2)ccc(C(=O)Nc2ccc(C(=O)O)c(O)c2)c1O. The van der Waals surface area contributed by atoms with Crippen molar-refractivity contribution in [2.45, 2.75) is 19.4 Å². The molecule has 304 valence electrons. The summed E-state index contributed by atoms with van der Waals surface area (Å²) in [6.07, 6.45) is 1.28. The number of aromatic hydroxyl groups is 3. The van der Waals surface area contributed by atoms with E-state index in [0.29, 0.717) is 11.3 Å². The minimum absolute atomic E-state index is 0.00101. The number of nitriles is 1. The van der Waals surface area contributed by atoms with Crippen molar-refractivity contribution < 1.29 is 53.9 Å². The summed E-state index contributed by atoms with van der Waals surface area (Å²) >= 11 is 0. The summed E-state index contributed by atoms with van der Waals surface area (Å²) < 4.78 is 5.25. The number of amides is 5. The van der Waals surface area contributed by atoms with Crippen molar-refractivity contribution >= 4 is 64.3 Å². The molecule has 5 rings (SSSR count). The van der Waals surface area contributed by atoms with Gasteiger partial charge in [-0.15, -0.1) is 0 Å². The largest absolute Gasteiger partial charge is 0.508 e. The summed E-state index contributed by atoms with van der Waals surface area (Å²) in [4.78, 5) is 76.0. The van der Waals surface area contributed by atoms with Gasteiger partial charge in [-0.1, -0.05) is 12.1 Å². The van der Waals surface area contributed by atoms with Crippen molar-refractivity contribution in [1.82, 2.24) is 5.32 Å². The number of phenolic OH excluding ortho intramolecular Hbond substituents is 2. The molecule has 0 fully saturated rings. The van der Waals surface area contributed by atoms with Gasteiger partial charge >= 0.3 is 5.97 Å². The molecule has 0 aliphatic carbocycles. The second kappa shape index (κ2) is 19.0. The van der Waals surface area contributed by atoms with E-state index in [9.17, 15) is 49.3 Å². The molecule has 0 saturated carbocycles. The fourth-order valence-corrected chi connectivity index (χ4v) is 5.54. The van der Waals surface area contributed by atoms with E-state index in [1.807, 2.05) is 6.07 Å². The van der Waals surface area contributed by atoms with E-state index in [4.69, 9.17) is 9.84 Å². The minimum Gasteiger partial charge on any atom is -0.508 e. The number of carboxylic acid groups (broad SMARTS) is 1. The lowest BCUT2D eigenvalue weighted by molar-refractivity contribution is -0.118. The third kappa shape index (κ3) is 10.6. The Kier molecular flexibility index (Phi) is 13.5. The predicted octanol–water partition coefficient (Wildman–Crippen LogP) is 5.71. The van der Waals surface area contributed by atoms with Gasteiger partial charge in [0, 0.05) is 39.8 Å². The number of benzene rings is 5. The van der Waals surface area contributed by atoms with E-state index in [2.05, 4.69) is 26.6 Å². The van der Waals surface area contributed by atoms with Crippen molar-refractivity contribution in [3.8, 4) is 29.1 Å². The Labute approximate surface area is 341 Å². The normalized spacial score (nSPS) is 11.2. The number of ether oxygens (including phenoxy) is 1. The Bertz CT molecular complexity index is 2550. The van der Waals surface area contributed by atoms with Gasteiger partial charge in [-0.25, -0.2) is 4.79 Å². The molecular weight excluding hydrogens is 777 g/mol. The summed E-state index contributed by atoms with van der Waals surface area (Å²) in [6.45, 7) is 1.63. The van der Waals surface area contributed by atoms with Gasteiger partial charge in [-0.3, -0.25) is 24.0 Å². The van der Waals surface area contributed by atoms with Crippen LogP contribution in [0.2, 0.25) is 0 Å². The molecule has 1 atom stereocenters. The molecule has 0 bridgehead atoms. The molecule has 0 saturated heterocycles. The van der Waals surface area contributed by atoms with Crippen LogP contribution in [0.15, 0.2) is 109 Å². The molecule has 0 unspecified atom stereocenters. The van der Waals surface area contributed by atoms with Gasteiger partial charge < -0.3 is 51.7 Å². The van der Waals surface area contributed by atoms with Crippen molar-refractivity contribution in [3.05, 3.63) is 137 Å². The maximum Gasteiger partial charge on any atom is 0.339 e. The second-order valence-electron chi connectivity index (χ2n) is 12.9. The number of rotatable bonds is 14. The van der Waals surface area contributed by atoms with Crippen molar-refractivity contribution in [3.63, 3.8) is 0 Å². The number of anilines is 4. The predicted molar refractivity (Wildman–Crippen MR) is 219 cm³/mol. The molecule has 5 aromatic rings. The number of nitrogens with zero attached hydrogens (tertiary/aromatic N) is 1. The molecule has 17 heteroatoms. The third-order valence-corrected chi connectivity index (χ3v) is 8.69. The van der Waals surface area contributed by atoms with E-state index in [1.165, 1.54) is 86.0 Å². The van der Waals surface area contributed by atoms with Crippen LogP contribution in [0.4, 0.5) is 22.7 Å². The molecule has 9 N–H and O–H groups in total. The highest BCUT2D eigenvalue weighted by molar-refractivity contribution is 6.10. The van der Waals surface area contributed by atoms with Crippen molar-refractivity contribution in [1.29, 1.82) is 5.26 Å². The Morgan fingerprint density at radius 2 is 1.28 bits per heavy atom. The number of methoxy groups -OCH3 is 1. The van der Waals surface area contributed by atoms with E-state index < -0.39 is 47.1 Å². The van der Waals surface area contributed by atoms with Crippen LogP contribution in [0.25, 0.3) is 6.08 Å². The van der Waals surface area contributed by atoms with E-state index >= 15 is 0 Å². The smallest absolute Gasteiger partial charge is 0.339 e. The highest BCUT2D eigenvalue weighted by Crippen LogP contribution is 2.38. The maximum absolute atomic E-state index is 13.1. The summed E-state index contributed by atoms with van der Waals surface area (Å²) in [5.41, 5.74) is 1.44. The van der Waals surface area contributed by atoms with Gasteiger partial charge in [0.1, 0.15) is 23.1 Å². The fourth-order valence-electron chi connectivity index (χ4n) is 5.54. The van der Waals surface area contributed by atoms with E-state index in [1.54, 1.807) is 25.1 Å². The summed E-state index contributed by atoms with van der Waals surface area (Å²) in [6, 6.07) is 24.3. The highest BCUT2D eigenvalue weighted by Gasteiger charge is 2.23. The average molecular weight is 813 g/mol. The monoisotopic (exact) mass is 812 g/mol. The van der Waals surface area contributed by atoms with E-state index in [-0.39, 0.29) is 63.1 Å². The summed E-state index contributed by atoms with van der Waals surface area (Å²) in [5.74, 6) is -5.94. The van der Waals surface area contributed by atoms with Crippen LogP contribution in [0, 0.1) is 11.3 Å². The van der Waals surface area contributed by atoms with Crippen LogP contribution < -0.4 is 31.3 Å². The van der Waals surface area contributed by atoms with E-state index in [0.717, 1.165) is 17.7 Å². The molecular formula is C43H36N6O11. The molecule has 60 heavy (non-hydrogen) atoms. The lowest BCUT2D eigenvalue weighted by Crippen LogP contribution is -2.43. The molecule has 0 aliphatic heterocycles. The van der Waals surface area contributed by atoms with Crippen molar-refractivity contribution in [2.24, 2.45) is 0 Å². The Balaban J connectivity index is 1.17. The number of carboxylic acids is 1. The number of carbonyl (C=O) groups excluding carboxylic acids is 5. The molecule has 0 aromatic heterocycles. The number of hydrogen-bond acceptors (Lipinski definition) is 11. The fraction of sp³-hybridized carbons (Fsp3) is 0.0930. The number of aromatic carboxylic acids is 1. The van der Waals surface area contributed by atoms with Gasteiger partial charge in [0.15, 0.2) is 11.5 Å². The van der Waals surface area contributed by atoms with Crippen LogP contribution >= 0.6 is 0 Å². The first kappa shape index (κ1) is 42.5. The van der Waals surface area contributed by atoms with Crippen LogP contribution in [-0.4, -0.2) is 69.1 Å². The molecule has 17 nitrogen and oxygen atoms in total. The number of phenols is 3. The average Bonchev–Trinajstić information content (AvgIpc) is 3.22. The first-order chi connectivity index (χ1) is 28.7. The summed E-state index contributed by atoms with van der Waals surface area (Å²) in [5, 5.41) is 61.5. The van der Waals surface area contributed by atoms with Gasteiger partial charge in [-0.05, 0) is 103 Å². The molecule has 5 aromatic carbocycles. The van der Waals surface area contributed by atoms with Crippen LogP contribution in [0.3, 0.4) is 0 Å². The molecule has 0 aliphatic rings. The second-order valence-corrected chi connectivity index (χ2v) is 12.9. The third-order valence-electron chi connectivity index (χ3n) is 8.69. The quantitative estimate of drug-likeness (QED) is 0.0610. The number of nitrogens with one attached hydrogen (secondary N) is 5. The molecule has 0 spiro atoms. The molecule has 0 radical (unpaired) electrons. The zero-order valence-corrected chi connectivity index (χ0v) is 31.8. The Morgan fingerprint density at radius 1 is 0.700 bits per heavy atom. The van der Waals surface area contributed by atoms with Gasteiger partial charge in [0.2, 0.25) is 5.91 Å². The molecule has 5 amide bonds. The summed E-state index contributed by atoms with van der Waals surface area (Å²) in [7, 11) is 1.20. The van der Waals surface area contributed by atoms with Gasteiger partial charge in [0.05, 0.1) is 30.9 Å². The standard InChI is InChI=1S/C43H36N6O11/c1-23(21-24-3-14-30(50)15-4-24)38(53)45-27-9-5-26(6-10-27)40(55)49-34(19-20-44)42(57)46-28-11-7-25(8-12-28)39(54)48-33-18-17-32(36(52)37(33)60-2)41(56)47-29-13-16-31(43(58)59)35(51)22-29/h3-18,21-22,34,50-52H,19H2,1-2H3,(H,45,53)(H,46,57)(H,47,56)(H,48,54)(H,49,55)(H,58,59)/b23-21+/t34-/m0/s1. The first-order valence-electron chi connectivity index (χ1n) is 17.7. The van der Waals surface area contributed by atoms with Crippen LogP contribution in [0.1, 0.15) is 60.3 Å². The Hall–Kier alpha value is -8.65. The Morgan fingerprint density at radius 3 is 1.87 bits per heavy atom. The lowest BCUT2D eigenvalue weighted by atomic mass is 10.1. The maximum atomic E-state index is 13.1. The topological polar surface area (TPSA) is 277 Å². The lowest BCUT2D eigenvalue weighted by Gasteiger charge is -2.17. The zero-order chi connectivity index (χ0) is 43.5. The van der Waals surface area contributed by atoms with Gasteiger partial charge in [-0.2, -0.15) is 5.26 Å². The van der Waals surface area contributed by atoms with Crippen LogP contribution in [-0.2, 0) is 9.59 Å². The zero-order valence-electron chi connectivity index (χ0n) is 31.8. The minimum atomic E-state index is -1.36. The first-order valence-corrected chi connectivity index (χ1v) is 17.7.